The van der Waals surface area contributed by atoms with Gasteiger partial charge in [0.1, 0.15) is 22.3 Å². The molecule has 1 aromatic carbocycles. The lowest BCUT2D eigenvalue weighted by molar-refractivity contribution is 0.0970. The van der Waals surface area contributed by atoms with Crippen molar-refractivity contribution in [2.75, 3.05) is 0 Å². The van der Waals surface area contributed by atoms with Gasteiger partial charge in [0, 0.05) is 6.20 Å². The molecule has 0 aliphatic heterocycles. The molecule has 3 aromatic rings. The molecule has 3 rings (SSSR count). The van der Waals surface area contributed by atoms with E-state index in [0.717, 1.165) is 10.3 Å². The summed E-state index contributed by atoms with van der Waals surface area (Å²) in [5.41, 5.74) is 0.716. The van der Waals surface area contributed by atoms with Crippen molar-refractivity contribution >= 4 is 33.6 Å². The molecule has 1 N–H and O–H groups in total. The summed E-state index contributed by atoms with van der Waals surface area (Å²) in [7, 11) is 0. The summed E-state index contributed by atoms with van der Waals surface area (Å²) in [4.78, 5) is 25.7. The van der Waals surface area contributed by atoms with E-state index in [1.165, 1.54) is 12.5 Å². The Morgan fingerprint density at radius 1 is 1.29 bits per heavy atom. The van der Waals surface area contributed by atoms with Gasteiger partial charge in [-0.15, -0.1) is 4.73 Å². The van der Waals surface area contributed by atoms with E-state index >= 15 is 0 Å². The standard InChI is InChI=1S/C14H10IN3O3/c15-11-12(19)10-6-16-8-17-13(10)18(14(11)20)21-7-9-4-2-1-3-5-9/h1-6,8,19H,7H2. The molecule has 106 valence electrons. The van der Waals surface area contributed by atoms with Crippen LogP contribution in [0.1, 0.15) is 5.56 Å². The van der Waals surface area contributed by atoms with Crippen molar-refractivity contribution in [3.63, 3.8) is 0 Å². The van der Waals surface area contributed by atoms with Crippen molar-refractivity contribution in [1.29, 1.82) is 0 Å². The zero-order valence-corrected chi connectivity index (χ0v) is 12.9. The van der Waals surface area contributed by atoms with Crippen LogP contribution < -0.4 is 10.4 Å². The third-order valence-electron chi connectivity index (χ3n) is 2.92. The Morgan fingerprint density at radius 3 is 2.81 bits per heavy atom. The second-order valence-corrected chi connectivity index (χ2v) is 5.36. The summed E-state index contributed by atoms with van der Waals surface area (Å²) in [6.45, 7) is 0.223. The van der Waals surface area contributed by atoms with Crippen LogP contribution in [0.15, 0.2) is 47.7 Å². The van der Waals surface area contributed by atoms with E-state index in [-0.39, 0.29) is 21.6 Å². The molecule has 2 heterocycles. The van der Waals surface area contributed by atoms with Crippen LogP contribution in [0.3, 0.4) is 0 Å². The van der Waals surface area contributed by atoms with Gasteiger partial charge in [0.25, 0.3) is 0 Å². The molecule has 7 heteroatoms. The Kier molecular flexibility index (Phi) is 3.74. The van der Waals surface area contributed by atoms with Crippen molar-refractivity contribution in [2.45, 2.75) is 6.61 Å². The molecule has 0 spiro atoms. The first kappa shape index (κ1) is 13.8. The van der Waals surface area contributed by atoms with Gasteiger partial charge in [-0.1, -0.05) is 30.3 Å². The van der Waals surface area contributed by atoms with Gasteiger partial charge in [-0.2, -0.15) is 0 Å². The highest BCUT2D eigenvalue weighted by molar-refractivity contribution is 14.1. The first-order valence-corrected chi connectivity index (χ1v) is 7.17. The predicted octanol–water partition coefficient (Wildman–Crippen LogP) is 1.73. The van der Waals surface area contributed by atoms with Gasteiger partial charge in [-0.05, 0) is 28.2 Å². The van der Waals surface area contributed by atoms with E-state index in [4.69, 9.17) is 4.84 Å². The molecule has 0 unspecified atom stereocenters. The minimum Gasteiger partial charge on any atom is -0.506 e. The van der Waals surface area contributed by atoms with Gasteiger partial charge in [-0.3, -0.25) is 4.79 Å². The molecular weight excluding hydrogens is 385 g/mol. The molecule has 0 amide bonds. The first-order chi connectivity index (χ1) is 10.2. The number of aromatic nitrogens is 3. The summed E-state index contributed by atoms with van der Waals surface area (Å²) >= 11 is 1.78. The zero-order valence-electron chi connectivity index (χ0n) is 10.7. The maximum absolute atomic E-state index is 12.2. The third-order valence-corrected chi connectivity index (χ3v) is 3.89. The molecule has 0 bridgehead atoms. The monoisotopic (exact) mass is 395 g/mol. The number of benzene rings is 1. The van der Waals surface area contributed by atoms with E-state index in [0.29, 0.717) is 5.39 Å². The fraction of sp³-hybridized carbons (Fsp3) is 0.0714. The lowest BCUT2D eigenvalue weighted by atomic mass is 10.2. The number of hydrogen-bond acceptors (Lipinski definition) is 5. The Morgan fingerprint density at radius 2 is 2.05 bits per heavy atom. The minimum absolute atomic E-state index is 0.129. The Balaban J connectivity index is 2.08. The smallest absolute Gasteiger partial charge is 0.302 e. The van der Waals surface area contributed by atoms with Crippen molar-refractivity contribution in [2.24, 2.45) is 0 Å². The number of pyridine rings is 1. The maximum atomic E-state index is 12.2. The van der Waals surface area contributed by atoms with Crippen LogP contribution in [-0.4, -0.2) is 19.8 Å². The van der Waals surface area contributed by atoms with Crippen LogP contribution in [-0.2, 0) is 6.61 Å². The van der Waals surface area contributed by atoms with Crippen molar-refractivity contribution in [1.82, 2.24) is 14.7 Å². The normalized spacial score (nSPS) is 10.7. The predicted molar refractivity (Wildman–Crippen MR) is 84.9 cm³/mol. The number of nitrogens with zero attached hydrogens (tertiary/aromatic N) is 3. The van der Waals surface area contributed by atoms with Gasteiger partial charge in [0.15, 0.2) is 5.65 Å². The SMILES string of the molecule is O=c1c(I)c(O)c2cncnc2n1OCc1ccccc1. The Hall–Kier alpha value is -2.16. The first-order valence-electron chi connectivity index (χ1n) is 6.09. The molecular formula is C14H10IN3O3. The molecule has 6 nitrogen and oxygen atoms in total. The zero-order chi connectivity index (χ0) is 14.8. The van der Waals surface area contributed by atoms with Gasteiger partial charge >= 0.3 is 5.56 Å². The number of rotatable bonds is 3. The van der Waals surface area contributed by atoms with Crippen molar-refractivity contribution < 1.29 is 9.94 Å². The Labute approximate surface area is 133 Å². The van der Waals surface area contributed by atoms with Crippen molar-refractivity contribution in [3.8, 4) is 5.75 Å². The summed E-state index contributed by atoms with van der Waals surface area (Å²) in [6.07, 6.45) is 2.75. The number of aromatic hydroxyl groups is 1. The molecule has 0 aliphatic rings. The van der Waals surface area contributed by atoms with E-state index < -0.39 is 5.56 Å². The summed E-state index contributed by atoms with van der Waals surface area (Å²) < 4.78 is 1.26. The van der Waals surface area contributed by atoms with Crippen LogP contribution in [0, 0.1) is 3.57 Å². The average Bonchev–Trinajstić information content (AvgIpc) is 2.54. The van der Waals surface area contributed by atoms with E-state index in [1.807, 2.05) is 30.3 Å². The van der Waals surface area contributed by atoms with Gasteiger partial charge in [-0.25, -0.2) is 9.97 Å². The molecule has 0 saturated carbocycles. The summed E-state index contributed by atoms with van der Waals surface area (Å²) in [5, 5.41) is 10.4. The molecule has 0 fully saturated rings. The second kappa shape index (κ2) is 5.68. The number of halogens is 1. The molecule has 0 aliphatic carbocycles. The molecule has 2 aromatic heterocycles. The van der Waals surface area contributed by atoms with Gasteiger partial charge in [0.05, 0.1) is 5.39 Å². The quantitative estimate of drug-likeness (QED) is 0.684. The fourth-order valence-corrected chi connectivity index (χ4v) is 2.40. The van der Waals surface area contributed by atoms with Gasteiger partial charge < -0.3 is 9.94 Å². The topological polar surface area (TPSA) is 77.2 Å². The number of hydrogen-bond donors (Lipinski definition) is 1. The lowest BCUT2D eigenvalue weighted by Gasteiger charge is -2.12. The highest BCUT2D eigenvalue weighted by Gasteiger charge is 2.16. The van der Waals surface area contributed by atoms with E-state index in [2.05, 4.69) is 9.97 Å². The van der Waals surface area contributed by atoms with Crippen LogP contribution in [0.5, 0.6) is 5.75 Å². The second-order valence-electron chi connectivity index (χ2n) is 4.28. The molecule has 0 atom stereocenters. The average molecular weight is 395 g/mol. The van der Waals surface area contributed by atoms with Gasteiger partial charge in [0.2, 0.25) is 0 Å². The van der Waals surface area contributed by atoms with Crippen LogP contribution in [0.4, 0.5) is 0 Å². The number of fused-ring (bicyclic) bond motifs is 1. The van der Waals surface area contributed by atoms with Crippen molar-refractivity contribution in [3.05, 3.63) is 62.3 Å². The summed E-state index contributed by atoms with van der Waals surface area (Å²) in [6, 6.07) is 9.48. The van der Waals surface area contributed by atoms with Crippen LogP contribution in [0.25, 0.3) is 11.0 Å². The van der Waals surface area contributed by atoms with Crippen LogP contribution >= 0.6 is 22.6 Å². The lowest BCUT2D eigenvalue weighted by Crippen LogP contribution is -2.29. The van der Waals surface area contributed by atoms with Crippen LogP contribution in [0.2, 0.25) is 0 Å². The highest BCUT2D eigenvalue weighted by atomic mass is 127. The third kappa shape index (κ3) is 2.56. The molecule has 0 radical (unpaired) electrons. The van der Waals surface area contributed by atoms with E-state index in [9.17, 15) is 9.90 Å². The highest BCUT2D eigenvalue weighted by Crippen LogP contribution is 2.24. The summed E-state index contributed by atoms with van der Waals surface area (Å²) in [5.74, 6) is -0.129. The fourth-order valence-electron chi connectivity index (χ4n) is 1.89. The van der Waals surface area contributed by atoms with E-state index in [1.54, 1.807) is 22.6 Å². The molecule has 21 heavy (non-hydrogen) atoms. The largest absolute Gasteiger partial charge is 0.506 e. The Bertz CT molecular complexity index is 849. The molecule has 0 saturated heterocycles. The minimum atomic E-state index is -0.449. The maximum Gasteiger partial charge on any atom is 0.302 e.